The first kappa shape index (κ1) is 25.7. The average molecular weight is 459 g/mol. The number of hydrogen-bond donors (Lipinski definition) is 4. The van der Waals surface area contributed by atoms with Crippen molar-refractivity contribution in [3.8, 4) is 0 Å². The number of hydrogen-bond acceptors (Lipinski definition) is 7. The maximum absolute atomic E-state index is 13.1. The third-order valence-electron chi connectivity index (χ3n) is 5.68. The fourth-order valence-corrected chi connectivity index (χ4v) is 5.45. The Morgan fingerprint density at radius 3 is 2.26 bits per heavy atom. The monoisotopic (exact) mass is 459 g/mol. The number of benzene rings is 1. The van der Waals surface area contributed by atoms with Crippen molar-refractivity contribution in [2.24, 2.45) is 5.73 Å². The summed E-state index contributed by atoms with van der Waals surface area (Å²) in [6, 6.07) is 4.63. The molecule has 0 spiro atoms. The van der Waals surface area contributed by atoms with Crippen molar-refractivity contribution in [3.05, 3.63) is 30.1 Å². The summed E-state index contributed by atoms with van der Waals surface area (Å²) < 4.78 is 40.0. The maximum Gasteiger partial charge on any atom is 0.471 e. The fraction of sp³-hybridized carbons (Fsp3) is 0.632. The van der Waals surface area contributed by atoms with E-state index in [0.29, 0.717) is 25.7 Å². The van der Waals surface area contributed by atoms with Gasteiger partial charge in [0.15, 0.2) is 0 Å². The molecule has 0 bridgehead atoms. The molecule has 2 unspecified atom stereocenters. The molecule has 1 heterocycles. The van der Waals surface area contributed by atoms with E-state index in [-0.39, 0.29) is 37.5 Å². The van der Waals surface area contributed by atoms with Gasteiger partial charge in [-0.05, 0) is 44.0 Å². The standard InChI is InChI=1S/C19H31BFN3O6S/c1-19(22,10-4-2-3-5-17(25)26)18(20(27)28)23-11-13-24(14-12-23)31(29,30)16-8-6-15(21)7-9-16/h6-9,18,27-28H,2-5,10-14,22H2,1H3,(H,25,26). The van der Waals surface area contributed by atoms with Gasteiger partial charge in [-0.2, -0.15) is 4.31 Å². The second-order valence-corrected chi connectivity index (χ2v) is 10.2. The first-order chi connectivity index (χ1) is 14.4. The van der Waals surface area contributed by atoms with Gasteiger partial charge in [-0.1, -0.05) is 12.8 Å². The topological polar surface area (TPSA) is 144 Å². The summed E-state index contributed by atoms with van der Waals surface area (Å²) in [5.41, 5.74) is 5.45. The number of nitrogens with two attached hydrogens (primary N) is 1. The quantitative estimate of drug-likeness (QED) is 0.273. The number of nitrogens with zero attached hydrogens (tertiary/aromatic N) is 2. The van der Waals surface area contributed by atoms with E-state index in [1.165, 1.54) is 16.4 Å². The number of sulfonamides is 1. The Labute approximate surface area is 182 Å². The van der Waals surface area contributed by atoms with Gasteiger partial charge in [0.1, 0.15) is 5.82 Å². The van der Waals surface area contributed by atoms with Crippen LogP contribution in [-0.2, 0) is 14.8 Å². The van der Waals surface area contributed by atoms with Gasteiger partial charge in [-0.15, -0.1) is 0 Å². The van der Waals surface area contributed by atoms with Crippen molar-refractivity contribution in [2.45, 2.75) is 55.4 Å². The highest BCUT2D eigenvalue weighted by molar-refractivity contribution is 7.89. The van der Waals surface area contributed by atoms with Gasteiger partial charge >= 0.3 is 13.1 Å². The summed E-state index contributed by atoms with van der Waals surface area (Å²) in [6.45, 7) is 2.51. The first-order valence-corrected chi connectivity index (χ1v) is 11.8. The Morgan fingerprint density at radius 2 is 1.74 bits per heavy atom. The van der Waals surface area contributed by atoms with Gasteiger partial charge in [-0.3, -0.25) is 9.69 Å². The molecule has 174 valence electrons. The van der Waals surface area contributed by atoms with E-state index in [4.69, 9.17) is 10.8 Å². The molecule has 9 nitrogen and oxygen atoms in total. The number of carboxylic acids is 1. The molecule has 0 aliphatic carbocycles. The summed E-state index contributed by atoms with van der Waals surface area (Å²) >= 11 is 0. The Balaban J connectivity index is 1.98. The number of aliphatic carboxylic acids is 1. The molecule has 31 heavy (non-hydrogen) atoms. The van der Waals surface area contributed by atoms with E-state index in [2.05, 4.69) is 0 Å². The first-order valence-electron chi connectivity index (χ1n) is 10.3. The van der Waals surface area contributed by atoms with Crippen LogP contribution in [0.3, 0.4) is 0 Å². The molecule has 1 aliphatic heterocycles. The average Bonchev–Trinajstić information content (AvgIpc) is 2.67. The molecular formula is C19H31BFN3O6S. The molecule has 0 radical (unpaired) electrons. The lowest BCUT2D eigenvalue weighted by molar-refractivity contribution is -0.137. The van der Waals surface area contributed by atoms with Gasteiger partial charge in [0, 0.05) is 38.1 Å². The number of rotatable bonds is 11. The maximum atomic E-state index is 13.1. The zero-order valence-electron chi connectivity index (χ0n) is 17.7. The van der Waals surface area contributed by atoms with Gasteiger partial charge < -0.3 is 20.9 Å². The van der Waals surface area contributed by atoms with E-state index in [9.17, 15) is 27.7 Å². The zero-order valence-corrected chi connectivity index (χ0v) is 18.5. The van der Waals surface area contributed by atoms with Crippen LogP contribution in [0.5, 0.6) is 0 Å². The van der Waals surface area contributed by atoms with Crippen LogP contribution >= 0.6 is 0 Å². The molecule has 1 aromatic carbocycles. The Morgan fingerprint density at radius 1 is 1.16 bits per heavy atom. The molecule has 5 N–H and O–H groups in total. The van der Waals surface area contributed by atoms with Crippen molar-refractivity contribution in [2.75, 3.05) is 26.2 Å². The summed E-state index contributed by atoms with van der Waals surface area (Å²) in [7, 11) is -5.49. The van der Waals surface area contributed by atoms with Gasteiger partial charge in [-0.25, -0.2) is 12.8 Å². The van der Waals surface area contributed by atoms with Crippen LogP contribution in [0.2, 0.25) is 0 Å². The largest absolute Gasteiger partial charge is 0.481 e. The smallest absolute Gasteiger partial charge is 0.471 e. The Hall–Kier alpha value is -1.57. The molecule has 1 fully saturated rings. The van der Waals surface area contributed by atoms with E-state index >= 15 is 0 Å². The molecule has 0 aromatic heterocycles. The highest BCUT2D eigenvalue weighted by Gasteiger charge is 2.44. The Kier molecular flexibility index (Phi) is 8.98. The minimum atomic E-state index is -3.78. The van der Waals surface area contributed by atoms with Crippen LogP contribution in [0.25, 0.3) is 0 Å². The van der Waals surface area contributed by atoms with Gasteiger partial charge in [0.05, 0.1) is 10.8 Å². The zero-order chi connectivity index (χ0) is 23.2. The van der Waals surface area contributed by atoms with Crippen LogP contribution in [0.4, 0.5) is 4.39 Å². The highest BCUT2D eigenvalue weighted by atomic mass is 32.2. The molecule has 1 saturated heterocycles. The minimum absolute atomic E-state index is 0.00566. The molecule has 0 saturated carbocycles. The molecule has 1 aromatic rings. The lowest BCUT2D eigenvalue weighted by Crippen LogP contribution is -2.66. The van der Waals surface area contributed by atoms with Crippen LogP contribution < -0.4 is 5.73 Å². The predicted octanol–water partition coefficient (Wildman–Crippen LogP) is 0.265. The Bertz CT molecular complexity index is 830. The molecule has 2 rings (SSSR count). The number of unbranched alkanes of at least 4 members (excludes halogenated alkanes) is 2. The third-order valence-corrected chi connectivity index (χ3v) is 7.60. The normalized spacial score (nSPS) is 19.0. The fourth-order valence-electron chi connectivity index (χ4n) is 4.03. The molecule has 2 atom stereocenters. The summed E-state index contributed by atoms with van der Waals surface area (Å²) in [6.07, 6.45) is 2.37. The lowest BCUT2D eigenvalue weighted by atomic mass is 9.65. The van der Waals surface area contributed by atoms with E-state index < -0.39 is 40.4 Å². The van der Waals surface area contributed by atoms with Crippen molar-refractivity contribution < 1.29 is 32.8 Å². The van der Waals surface area contributed by atoms with E-state index in [1.54, 1.807) is 11.8 Å². The number of piperazine rings is 1. The van der Waals surface area contributed by atoms with Crippen LogP contribution in [0.1, 0.15) is 39.0 Å². The van der Waals surface area contributed by atoms with Crippen LogP contribution in [0, 0.1) is 5.82 Å². The number of halogens is 1. The van der Waals surface area contributed by atoms with Crippen LogP contribution in [0.15, 0.2) is 29.2 Å². The molecule has 0 amide bonds. The van der Waals surface area contributed by atoms with E-state index in [1.807, 2.05) is 0 Å². The van der Waals surface area contributed by atoms with E-state index in [0.717, 1.165) is 12.1 Å². The lowest BCUT2D eigenvalue weighted by Gasteiger charge is -2.45. The number of carboxylic acid groups (broad SMARTS) is 1. The summed E-state index contributed by atoms with van der Waals surface area (Å²) in [5, 5.41) is 28.7. The molecule has 12 heteroatoms. The van der Waals surface area contributed by atoms with Crippen molar-refractivity contribution in [3.63, 3.8) is 0 Å². The summed E-state index contributed by atoms with van der Waals surface area (Å²) in [5.74, 6) is -2.18. The van der Waals surface area contributed by atoms with Crippen molar-refractivity contribution in [1.82, 2.24) is 9.21 Å². The van der Waals surface area contributed by atoms with Gasteiger partial charge in [0.25, 0.3) is 0 Å². The SMILES string of the molecule is CC(N)(CCCCCC(=O)O)C(B(O)O)N1CCN(S(=O)(=O)c2ccc(F)cc2)CC1. The third kappa shape index (κ3) is 6.96. The second-order valence-electron chi connectivity index (χ2n) is 8.21. The van der Waals surface area contributed by atoms with Crippen molar-refractivity contribution in [1.29, 1.82) is 0 Å². The number of carbonyl (C=O) groups is 1. The van der Waals surface area contributed by atoms with Gasteiger partial charge in [0.2, 0.25) is 10.0 Å². The summed E-state index contributed by atoms with van der Waals surface area (Å²) in [4.78, 5) is 12.4. The predicted molar refractivity (Wildman–Crippen MR) is 114 cm³/mol. The molecule has 1 aliphatic rings. The minimum Gasteiger partial charge on any atom is -0.481 e. The van der Waals surface area contributed by atoms with Crippen molar-refractivity contribution >= 4 is 23.1 Å². The molecular weight excluding hydrogens is 428 g/mol. The second kappa shape index (κ2) is 10.8. The van der Waals surface area contributed by atoms with Crippen LogP contribution in [-0.4, -0.2) is 83.5 Å². The highest BCUT2D eigenvalue weighted by Crippen LogP contribution is 2.25.